The van der Waals surface area contributed by atoms with Gasteiger partial charge < -0.3 is 5.73 Å². The van der Waals surface area contributed by atoms with E-state index in [2.05, 4.69) is 4.98 Å². The van der Waals surface area contributed by atoms with E-state index in [4.69, 9.17) is 5.73 Å². The van der Waals surface area contributed by atoms with Gasteiger partial charge in [-0.3, -0.25) is 9.36 Å². The van der Waals surface area contributed by atoms with Gasteiger partial charge >= 0.3 is 0 Å². The van der Waals surface area contributed by atoms with Crippen LogP contribution in [0.5, 0.6) is 0 Å². The minimum atomic E-state index is -0.455. The molecule has 2 aromatic carbocycles. The van der Waals surface area contributed by atoms with Gasteiger partial charge in [-0.1, -0.05) is 12.1 Å². The molecule has 0 fully saturated rings. The maximum Gasteiger partial charge on any atom is 0.280 e. The molecule has 0 saturated carbocycles. The van der Waals surface area contributed by atoms with E-state index in [0.29, 0.717) is 28.1 Å². The molecule has 5 heteroatoms. The molecular formula is C15H12FN3O. The second kappa shape index (κ2) is 4.45. The van der Waals surface area contributed by atoms with Gasteiger partial charge in [0.15, 0.2) is 0 Å². The van der Waals surface area contributed by atoms with Gasteiger partial charge in [0.2, 0.25) is 0 Å². The van der Waals surface area contributed by atoms with Gasteiger partial charge in [-0.05, 0) is 37.3 Å². The van der Waals surface area contributed by atoms with E-state index in [-0.39, 0.29) is 5.56 Å². The lowest BCUT2D eigenvalue weighted by atomic mass is 10.2. The first kappa shape index (κ1) is 12.3. The molecule has 1 aromatic heterocycles. The van der Waals surface area contributed by atoms with Crippen LogP contribution in [0.15, 0.2) is 47.3 Å². The van der Waals surface area contributed by atoms with E-state index in [1.807, 2.05) is 0 Å². The summed E-state index contributed by atoms with van der Waals surface area (Å²) in [5.41, 5.74) is 6.54. The van der Waals surface area contributed by atoms with E-state index in [1.54, 1.807) is 47.9 Å². The Morgan fingerprint density at radius 3 is 2.70 bits per heavy atom. The normalized spacial score (nSPS) is 10.9. The summed E-state index contributed by atoms with van der Waals surface area (Å²) in [6, 6.07) is 11.4. The Kier molecular flexibility index (Phi) is 2.75. The Morgan fingerprint density at radius 1 is 1.20 bits per heavy atom. The largest absolute Gasteiger partial charge is 0.399 e. The van der Waals surface area contributed by atoms with Gasteiger partial charge in [-0.15, -0.1) is 0 Å². The molecule has 2 N–H and O–H groups in total. The number of hydrogen-bond acceptors (Lipinski definition) is 3. The van der Waals surface area contributed by atoms with Crippen molar-refractivity contribution in [1.29, 1.82) is 0 Å². The Balaban J connectivity index is 2.45. The zero-order chi connectivity index (χ0) is 14.3. The van der Waals surface area contributed by atoms with E-state index in [0.717, 1.165) is 0 Å². The standard InChI is InChI=1S/C15H12FN3O/c1-9-18-15(20)11-4-2-3-5-13(11)19(9)14-7-6-10(17)8-12(14)16/h2-8H,17H2,1H3. The Labute approximate surface area is 114 Å². The number of halogens is 1. The van der Waals surface area contributed by atoms with Crippen LogP contribution in [0.4, 0.5) is 10.1 Å². The van der Waals surface area contributed by atoms with Crippen molar-refractivity contribution in [2.24, 2.45) is 0 Å². The van der Waals surface area contributed by atoms with Crippen LogP contribution >= 0.6 is 0 Å². The van der Waals surface area contributed by atoms with Gasteiger partial charge in [0, 0.05) is 5.69 Å². The number of nitrogens with zero attached hydrogens (tertiary/aromatic N) is 2. The number of anilines is 1. The van der Waals surface area contributed by atoms with E-state index in [1.165, 1.54) is 6.07 Å². The number of nitrogen functional groups attached to an aromatic ring is 1. The van der Waals surface area contributed by atoms with Crippen LogP contribution in [-0.2, 0) is 0 Å². The predicted octanol–water partition coefficient (Wildman–Crippen LogP) is 2.42. The highest BCUT2D eigenvalue weighted by atomic mass is 19.1. The SMILES string of the molecule is Cc1nc(=O)c2ccccc2n1-c1ccc(N)cc1F. The summed E-state index contributed by atoms with van der Waals surface area (Å²) in [6.07, 6.45) is 0. The number of aryl methyl sites for hydroxylation is 1. The van der Waals surface area contributed by atoms with Crippen molar-refractivity contribution in [2.45, 2.75) is 6.92 Å². The number of nitrogens with two attached hydrogens (primary N) is 1. The van der Waals surface area contributed by atoms with Crippen molar-refractivity contribution in [3.63, 3.8) is 0 Å². The zero-order valence-electron chi connectivity index (χ0n) is 10.8. The van der Waals surface area contributed by atoms with Crippen LogP contribution in [0.1, 0.15) is 5.82 Å². The zero-order valence-corrected chi connectivity index (χ0v) is 10.8. The van der Waals surface area contributed by atoms with Crippen molar-refractivity contribution in [3.8, 4) is 5.69 Å². The highest BCUT2D eigenvalue weighted by Gasteiger charge is 2.12. The summed E-state index contributed by atoms with van der Waals surface area (Å²) in [6.45, 7) is 1.67. The van der Waals surface area contributed by atoms with Crippen LogP contribution < -0.4 is 11.3 Å². The predicted molar refractivity (Wildman–Crippen MR) is 76.4 cm³/mol. The molecule has 1 heterocycles. The maximum atomic E-state index is 14.1. The van der Waals surface area contributed by atoms with E-state index < -0.39 is 5.82 Å². The van der Waals surface area contributed by atoms with E-state index >= 15 is 0 Å². The van der Waals surface area contributed by atoms with Crippen molar-refractivity contribution < 1.29 is 4.39 Å². The molecule has 100 valence electrons. The summed E-state index contributed by atoms with van der Waals surface area (Å²) < 4.78 is 15.8. The summed E-state index contributed by atoms with van der Waals surface area (Å²) in [4.78, 5) is 15.8. The fraction of sp³-hybridized carbons (Fsp3) is 0.0667. The number of rotatable bonds is 1. The number of hydrogen-bond donors (Lipinski definition) is 1. The molecule has 3 rings (SSSR count). The van der Waals surface area contributed by atoms with Gasteiger partial charge in [0.05, 0.1) is 16.6 Å². The number of aromatic nitrogens is 2. The third kappa shape index (κ3) is 1.84. The Bertz CT molecular complexity index is 871. The molecule has 0 unspecified atom stereocenters. The lowest BCUT2D eigenvalue weighted by Gasteiger charge is -2.14. The fourth-order valence-electron chi connectivity index (χ4n) is 2.29. The fourth-order valence-corrected chi connectivity index (χ4v) is 2.29. The first-order valence-corrected chi connectivity index (χ1v) is 6.12. The summed E-state index contributed by atoms with van der Waals surface area (Å²) in [5, 5.41) is 0.453. The molecule has 0 spiro atoms. The number of para-hydroxylation sites is 1. The van der Waals surface area contributed by atoms with Crippen molar-refractivity contribution >= 4 is 16.6 Å². The van der Waals surface area contributed by atoms with Crippen molar-refractivity contribution in [1.82, 2.24) is 9.55 Å². The average molecular weight is 269 g/mol. The van der Waals surface area contributed by atoms with Crippen LogP contribution in [0.25, 0.3) is 16.6 Å². The van der Waals surface area contributed by atoms with Gasteiger partial charge in [0.25, 0.3) is 5.56 Å². The third-order valence-electron chi connectivity index (χ3n) is 3.17. The van der Waals surface area contributed by atoms with Crippen LogP contribution in [0, 0.1) is 12.7 Å². The van der Waals surface area contributed by atoms with Gasteiger partial charge in [0.1, 0.15) is 11.6 Å². The minimum absolute atomic E-state index is 0.315. The second-order valence-corrected chi connectivity index (χ2v) is 4.53. The third-order valence-corrected chi connectivity index (χ3v) is 3.17. The molecule has 0 aliphatic heterocycles. The molecule has 4 nitrogen and oxygen atoms in total. The highest BCUT2D eigenvalue weighted by molar-refractivity contribution is 5.80. The molecule has 0 radical (unpaired) electrons. The first-order chi connectivity index (χ1) is 9.58. The summed E-state index contributed by atoms with van der Waals surface area (Å²) >= 11 is 0. The Morgan fingerprint density at radius 2 is 1.95 bits per heavy atom. The number of benzene rings is 2. The van der Waals surface area contributed by atoms with E-state index in [9.17, 15) is 9.18 Å². The summed E-state index contributed by atoms with van der Waals surface area (Å²) in [7, 11) is 0. The van der Waals surface area contributed by atoms with Gasteiger partial charge in [-0.25, -0.2) is 4.39 Å². The lowest BCUT2D eigenvalue weighted by molar-refractivity contribution is 0.617. The topological polar surface area (TPSA) is 60.9 Å². The molecule has 0 bridgehead atoms. The Hall–Kier alpha value is -2.69. The summed E-state index contributed by atoms with van der Waals surface area (Å²) in [5.74, 6) is -0.0268. The van der Waals surface area contributed by atoms with Crippen molar-refractivity contribution in [3.05, 3.63) is 64.5 Å². The van der Waals surface area contributed by atoms with Crippen LogP contribution in [-0.4, -0.2) is 9.55 Å². The smallest absolute Gasteiger partial charge is 0.280 e. The monoisotopic (exact) mass is 269 g/mol. The lowest BCUT2D eigenvalue weighted by Crippen LogP contribution is -2.16. The molecule has 0 aliphatic carbocycles. The second-order valence-electron chi connectivity index (χ2n) is 4.53. The number of fused-ring (bicyclic) bond motifs is 1. The molecular weight excluding hydrogens is 257 g/mol. The minimum Gasteiger partial charge on any atom is -0.399 e. The van der Waals surface area contributed by atoms with Crippen LogP contribution in [0.3, 0.4) is 0 Å². The first-order valence-electron chi connectivity index (χ1n) is 6.12. The average Bonchev–Trinajstić information content (AvgIpc) is 2.41. The quantitative estimate of drug-likeness (QED) is 0.690. The van der Waals surface area contributed by atoms with Crippen LogP contribution in [0.2, 0.25) is 0 Å². The van der Waals surface area contributed by atoms with Gasteiger partial charge in [-0.2, -0.15) is 4.98 Å². The molecule has 0 aliphatic rings. The molecule has 0 saturated heterocycles. The highest BCUT2D eigenvalue weighted by Crippen LogP contribution is 2.21. The maximum absolute atomic E-state index is 14.1. The molecule has 0 atom stereocenters. The molecule has 0 amide bonds. The molecule has 3 aromatic rings. The van der Waals surface area contributed by atoms with Crippen molar-refractivity contribution in [2.75, 3.05) is 5.73 Å². The molecule has 20 heavy (non-hydrogen) atoms.